The second-order valence-corrected chi connectivity index (χ2v) is 13.9. The molecule has 0 radical (unpaired) electrons. The van der Waals surface area contributed by atoms with Crippen LogP contribution in [0.2, 0.25) is 0 Å². The number of aliphatic hydroxyl groups excluding tert-OH is 2. The van der Waals surface area contributed by atoms with Crippen LogP contribution in [0.15, 0.2) is 30.3 Å². The minimum Gasteiger partial charge on any atom is -0.391 e. The number of nitrogens with zero attached hydrogens (tertiary/aromatic N) is 4. The smallest absolute Gasteiger partial charge is 0.104 e. The van der Waals surface area contributed by atoms with Crippen LogP contribution in [0, 0.1) is 5.92 Å². The van der Waals surface area contributed by atoms with Crippen LogP contribution < -0.4 is 0 Å². The van der Waals surface area contributed by atoms with Crippen molar-refractivity contribution in [3.05, 3.63) is 35.9 Å². The lowest BCUT2D eigenvalue weighted by atomic mass is 10.2. The fourth-order valence-corrected chi connectivity index (χ4v) is 3.32. The van der Waals surface area contributed by atoms with Crippen molar-refractivity contribution in [2.75, 3.05) is 111 Å². The molecule has 0 saturated heterocycles. The number of aliphatic hydroxyl groups is 2. The first-order valence-electron chi connectivity index (χ1n) is 12.5. The van der Waals surface area contributed by atoms with Gasteiger partial charge in [-0.15, -0.1) is 0 Å². The fraction of sp³-hybridized carbons (Fsp3) is 0.786. The highest BCUT2D eigenvalue weighted by Gasteiger charge is 2.10. The molecule has 0 aliphatic rings. The molecule has 0 aliphatic carbocycles. The van der Waals surface area contributed by atoms with Crippen molar-refractivity contribution in [2.24, 2.45) is 5.92 Å². The van der Waals surface area contributed by atoms with Crippen molar-refractivity contribution in [1.29, 1.82) is 0 Å². The molecule has 0 saturated carbocycles. The Bertz CT molecular complexity index is 556. The van der Waals surface area contributed by atoms with Gasteiger partial charge in [-0.3, -0.25) is 0 Å². The summed E-state index contributed by atoms with van der Waals surface area (Å²) in [6.07, 6.45) is -0.185. The van der Waals surface area contributed by atoms with Crippen molar-refractivity contribution in [2.45, 2.75) is 33.4 Å². The van der Waals surface area contributed by atoms with E-state index in [1.807, 2.05) is 6.92 Å². The summed E-state index contributed by atoms with van der Waals surface area (Å²) in [6.45, 7) is 10.6. The van der Waals surface area contributed by atoms with Gasteiger partial charge in [0, 0.05) is 11.5 Å². The molecule has 1 aromatic carbocycles. The first kappa shape index (κ1) is 37.5. The molecule has 6 heteroatoms. The molecule has 204 valence electrons. The second-order valence-electron chi connectivity index (χ2n) is 13.9. The molecule has 0 bridgehead atoms. The third kappa shape index (κ3) is 41.3. The molecule has 0 heterocycles. The molecule has 0 fully saturated rings. The monoisotopic (exact) mass is 489 g/mol. The van der Waals surface area contributed by atoms with Crippen LogP contribution in [-0.2, 0) is 6.54 Å². The van der Waals surface area contributed by atoms with E-state index in [1.165, 1.54) is 12.1 Å². The summed E-state index contributed by atoms with van der Waals surface area (Å²) in [5.41, 5.74) is 1.40. The fourth-order valence-electron chi connectivity index (χ4n) is 3.32. The van der Waals surface area contributed by atoms with Crippen LogP contribution in [0.1, 0.15) is 26.3 Å². The van der Waals surface area contributed by atoms with E-state index in [9.17, 15) is 0 Å². The van der Waals surface area contributed by atoms with E-state index >= 15 is 0 Å². The summed E-state index contributed by atoms with van der Waals surface area (Å²) in [7, 11) is 25.6. The van der Waals surface area contributed by atoms with Gasteiger partial charge in [-0.05, 0) is 6.92 Å². The van der Waals surface area contributed by atoms with Crippen LogP contribution in [-0.4, -0.2) is 145 Å². The topological polar surface area (TPSA) is 40.5 Å². The molecule has 0 aliphatic heterocycles. The third-order valence-electron chi connectivity index (χ3n) is 4.00. The standard InChI is InChI=1S/C10H16N.C7H18N.C6H16NO.C5H14NO/c1-11(2,3)9-10-7-5-4-6-8-10;1-7(2)6-8(3,4)5;1-6(8)5-7(2,3)4;1-6(2,3)4-5-7/h4-8H,9H2,1-3H3;7H,6H2,1-5H3;6,8H,5H2,1-4H3;7H,4-5H2,1-3H3/q4*+1. The van der Waals surface area contributed by atoms with Gasteiger partial charge >= 0.3 is 0 Å². The van der Waals surface area contributed by atoms with Gasteiger partial charge in [0.2, 0.25) is 0 Å². The number of rotatable bonds is 8. The van der Waals surface area contributed by atoms with Crippen molar-refractivity contribution >= 4 is 0 Å². The summed E-state index contributed by atoms with van der Waals surface area (Å²) in [5.74, 6) is 0.815. The molecular weight excluding hydrogens is 424 g/mol. The Balaban J connectivity index is -0.000000384. The Hall–Kier alpha value is -1.02. The van der Waals surface area contributed by atoms with E-state index in [2.05, 4.69) is 129 Å². The molecule has 0 spiro atoms. The lowest BCUT2D eigenvalue weighted by molar-refractivity contribution is -0.884. The number of quaternary nitrogens is 4. The second kappa shape index (κ2) is 17.4. The van der Waals surface area contributed by atoms with Gasteiger partial charge in [0.05, 0.1) is 97.7 Å². The Morgan fingerprint density at radius 3 is 1.18 bits per heavy atom. The number of likely N-dealkylation sites (N-methyl/N-ethyl adjacent to an activating group) is 2. The van der Waals surface area contributed by atoms with Gasteiger partial charge < -0.3 is 28.1 Å². The van der Waals surface area contributed by atoms with Gasteiger partial charge in [0.15, 0.2) is 0 Å². The predicted molar refractivity (Wildman–Crippen MR) is 150 cm³/mol. The summed E-state index contributed by atoms with van der Waals surface area (Å²) in [6, 6.07) is 10.6. The van der Waals surface area contributed by atoms with Crippen LogP contribution in [0.4, 0.5) is 0 Å². The summed E-state index contributed by atoms with van der Waals surface area (Å²) in [5, 5.41) is 17.3. The lowest BCUT2D eigenvalue weighted by Gasteiger charge is -2.25. The molecule has 2 N–H and O–H groups in total. The molecular formula is C28H64N4O2+4. The van der Waals surface area contributed by atoms with Crippen molar-refractivity contribution in [3.63, 3.8) is 0 Å². The van der Waals surface area contributed by atoms with Gasteiger partial charge in [0.25, 0.3) is 0 Å². The molecule has 34 heavy (non-hydrogen) atoms. The molecule has 1 rings (SSSR count). The molecule has 0 amide bonds. The third-order valence-corrected chi connectivity index (χ3v) is 4.00. The maximum absolute atomic E-state index is 8.87. The number of benzene rings is 1. The minimum atomic E-state index is -0.185. The Kier molecular flexibility index (Phi) is 19.2. The summed E-state index contributed by atoms with van der Waals surface area (Å²) < 4.78 is 3.75. The summed E-state index contributed by atoms with van der Waals surface area (Å²) in [4.78, 5) is 0. The molecule has 1 atom stereocenters. The van der Waals surface area contributed by atoms with Crippen LogP contribution in [0.5, 0.6) is 0 Å². The lowest BCUT2D eigenvalue weighted by Crippen LogP contribution is -2.40. The highest BCUT2D eigenvalue weighted by Crippen LogP contribution is 2.05. The first-order valence-corrected chi connectivity index (χ1v) is 12.5. The van der Waals surface area contributed by atoms with E-state index in [0.717, 1.165) is 43.5 Å². The Morgan fingerprint density at radius 2 is 1.03 bits per heavy atom. The average Bonchev–Trinajstić information content (AvgIpc) is 2.49. The van der Waals surface area contributed by atoms with Crippen LogP contribution in [0.3, 0.4) is 0 Å². The maximum atomic E-state index is 8.87. The van der Waals surface area contributed by atoms with Gasteiger partial charge in [-0.25, -0.2) is 0 Å². The average molecular weight is 489 g/mol. The van der Waals surface area contributed by atoms with Crippen molar-refractivity contribution in [3.8, 4) is 0 Å². The van der Waals surface area contributed by atoms with Crippen molar-refractivity contribution < 1.29 is 28.1 Å². The van der Waals surface area contributed by atoms with Crippen molar-refractivity contribution in [1.82, 2.24) is 0 Å². The number of hydrogen-bond donors (Lipinski definition) is 2. The quantitative estimate of drug-likeness (QED) is 0.552. The largest absolute Gasteiger partial charge is 0.391 e. The highest BCUT2D eigenvalue weighted by molar-refractivity contribution is 5.13. The zero-order chi connectivity index (χ0) is 27.8. The van der Waals surface area contributed by atoms with E-state index in [0.29, 0.717) is 0 Å². The predicted octanol–water partition coefficient (Wildman–Crippen LogP) is 3.00. The first-order chi connectivity index (χ1) is 15.0. The highest BCUT2D eigenvalue weighted by atomic mass is 16.3. The van der Waals surface area contributed by atoms with E-state index in [-0.39, 0.29) is 12.7 Å². The molecule has 1 aromatic rings. The van der Waals surface area contributed by atoms with Gasteiger partial charge in [-0.1, -0.05) is 44.2 Å². The SMILES string of the molecule is CC(C)C[N+](C)(C)C.CC(O)C[N+](C)(C)C.C[N+](C)(C)CCO.C[N+](C)(C)Cc1ccccc1. The molecule has 6 nitrogen and oxygen atoms in total. The molecule has 0 aromatic heterocycles. The van der Waals surface area contributed by atoms with Gasteiger partial charge in [-0.2, -0.15) is 0 Å². The van der Waals surface area contributed by atoms with Crippen LogP contribution >= 0.6 is 0 Å². The Labute approximate surface area is 214 Å². The van der Waals surface area contributed by atoms with E-state index in [4.69, 9.17) is 10.2 Å². The summed E-state index contributed by atoms with van der Waals surface area (Å²) >= 11 is 0. The van der Waals surface area contributed by atoms with E-state index < -0.39 is 0 Å². The minimum absolute atomic E-state index is 0.185. The molecule has 1 unspecified atom stereocenters. The van der Waals surface area contributed by atoms with E-state index in [1.54, 1.807) is 0 Å². The van der Waals surface area contributed by atoms with Gasteiger partial charge in [0.1, 0.15) is 25.7 Å². The Morgan fingerprint density at radius 1 is 0.618 bits per heavy atom. The number of hydrogen-bond acceptors (Lipinski definition) is 2. The zero-order valence-electron chi connectivity index (χ0n) is 25.8. The normalized spacial score (nSPS) is 13.0. The zero-order valence-corrected chi connectivity index (χ0v) is 25.8. The van der Waals surface area contributed by atoms with Crippen LogP contribution in [0.25, 0.3) is 0 Å². The maximum Gasteiger partial charge on any atom is 0.104 e.